The van der Waals surface area contributed by atoms with E-state index in [4.69, 9.17) is 10.2 Å². The van der Waals surface area contributed by atoms with Crippen LogP contribution in [0.4, 0.5) is 0 Å². The van der Waals surface area contributed by atoms with Crippen LogP contribution in [0.1, 0.15) is 113 Å². The maximum absolute atomic E-state index is 9.07. The summed E-state index contributed by atoms with van der Waals surface area (Å²) in [5, 5.41) is 18.1. The van der Waals surface area contributed by atoms with Gasteiger partial charge in [-0.15, -0.1) is 0 Å². The second-order valence-corrected chi connectivity index (χ2v) is 8.37. The molecule has 2 nitrogen and oxygen atoms in total. The number of unbranched alkanes of at least 4 members (excludes halogenated alkanes) is 8. The largest absolute Gasteiger partial charge is 0.396 e. The zero-order valence-corrected chi connectivity index (χ0v) is 18.8. The van der Waals surface area contributed by atoms with Crippen LogP contribution < -0.4 is 0 Å². The molecule has 0 spiro atoms. The molecule has 0 unspecified atom stereocenters. The van der Waals surface area contributed by atoms with Crippen molar-refractivity contribution < 1.29 is 10.2 Å². The van der Waals surface area contributed by atoms with E-state index >= 15 is 0 Å². The summed E-state index contributed by atoms with van der Waals surface area (Å²) in [5.41, 5.74) is 6.29. The Balaban J connectivity index is 2.94. The fourth-order valence-electron chi connectivity index (χ4n) is 4.06. The second-order valence-electron chi connectivity index (χ2n) is 8.37. The Morgan fingerprint density at radius 3 is 1.07 bits per heavy atom. The molecule has 0 saturated carbocycles. The first-order chi connectivity index (χ1) is 13.8. The minimum absolute atomic E-state index is 0.312. The molecule has 0 aliphatic rings. The highest BCUT2D eigenvalue weighted by Crippen LogP contribution is 2.25. The number of benzene rings is 1. The number of aryl methyl sites for hydroxylation is 4. The standard InChI is InChI=1S/C26H46O2/c1-3-5-9-15-23-21-25(17-11-7-13-19-27)26(18-12-8-14-20-28)22-24(23)16-10-6-4-2/h21-22,27-28H,3-20H2,1-2H3. The zero-order valence-electron chi connectivity index (χ0n) is 18.8. The maximum atomic E-state index is 9.07. The number of hydrogen-bond acceptors (Lipinski definition) is 2. The molecule has 0 heterocycles. The molecule has 0 aliphatic heterocycles. The molecular formula is C26H46O2. The monoisotopic (exact) mass is 390 g/mol. The average Bonchev–Trinajstić information content (AvgIpc) is 2.70. The highest BCUT2D eigenvalue weighted by molar-refractivity contribution is 5.39. The van der Waals surface area contributed by atoms with Gasteiger partial charge in [-0.1, -0.05) is 64.5 Å². The van der Waals surface area contributed by atoms with Crippen molar-refractivity contribution >= 4 is 0 Å². The van der Waals surface area contributed by atoms with Gasteiger partial charge in [0.1, 0.15) is 0 Å². The maximum Gasteiger partial charge on any atom is 0.0431 e. The van der Waals surface area contributed by atoms with Crippen LogP contribution in [0.2, 0.25) is 0 Å². The van der Waals surface area contributed by atoms with E-state index < -0.39 is 0 Å². The first-order valence-electron chi connectivity index (χ1n) is 12.1. The Hall–Kier alpha value is -0.860. The van der Waals surface area contributed by atoms with E-state index in [1.165, 1.54) is 64.2 Å². The lowest BCUT2D eigenvalue weighted by Crippen LogP contribution is -2.04. The average molecular weight is 391 g/mol. The van der Waals surface area contributed by atoms with Crippen LogP contribution in [0.15, 0.2) is 12.1 Å². The Bertz CT molecular complexity index is 450. The fraction of sp³-hybridized carbons (Fsp3) is 0.769. The quantitative estimate of drug-likeness (QED) is 0.279. The number of aliphatic hydroxyl groups excluding tert-OH is 2. The van der Waals surface area contributed by atoms with E-state index in [9.17, 15) is 0 Å². The Labute approximate surface area is 174 Å². The summed E-state index contributed by atoms with van der Waals surface area (Å²) in [6.45, 7) is 5.19. The van der Waals surface area contributed by atoms with Crippen molar-refractivity contribution in [1.82, 2.24) is 0 Å². The molecule has 0 atom stereocenters. The summed E-state index contributed by atoms with van der Waals surface area (Å²) in [5.74, 6) is 0. The number of rotatable bonds is 18. The van der Waals surface area contributed by atoms with Gasteiger partial charge in [-0.2, -0.15) is 0 Å². The number of aliphatic hydroxyl groups is 2. The summed E-state index contributed by atoms with van der Waals surface area (Å²) < 4.78 is 0. The topological polar surface area (TPSA) is 40.5 Å². The van der Waals surface area contributed by atoms with Crippen LogP contribution in [0, 0.1) is 0 Å². The molecule has 0 aromatic heterocycles. The lowest BCUT2D eigenvalue weighted by atomic mass is 9.88. The summed E-state index contributed by atoms with van der Waals surface area (Å²) >= 11 is 0. The van der Waals surface area contributed by atoms with Gasteiger partial charge in [0.25, 0.3) is 0 Å². The van der Waals surface area contributed by atoms with Gasteiger partial charge in [-0.05, 0) is 86.5 Å². The lowest BCUT2D eigenvalue weighted by molar-refractivity contribution is 0.282. The van der Waals surface area contributed by atoms with Gasteiger partial charge < -0.3 is 10.2 Å². The molecule has 2 heteroatoms. The van der Waals surface area contributed by atoms with E-state index in [2.05, 4.69) is 26.0 Å². The minimum atomic E-state index is 0.312. The van der Waals surface area contributed by atoms with E-state index in [0.717, 1.165) is 38.5 Å². The SMILES string of the molecule is CCCCCc1cc(CCCCCO)c(CCCCCO)cc1CCCCC. The van der Waals surface area contributed by atoms with Crippen LogP contribution in [-0.4, -0.2) is 23.4 Å². The molecule has 28 heavy (non-hydrogen) atoms. The molecule has 0 saturated heterocycles. The van der Waals surface area contributed by atoms with E-state index in [1.807, 2.05) is 0 Å². The molecule has 1 aromatic carbocycles. The van der Waals surface area contributed by atoms with Gasteiger partial charge >= 0.3 is 0 Å². The van der Waals surface area contributed by atoms with Crippen molar-refractivity contribution in [1.29, 1.82) is 0 Å². The first-order valence-corrected chi connectivity index (χ1v) is 12.1. The molecule has 0 amide bonds. The van der Waals surface area contributed by atoms with Gasteiger partial charge in [0, 0.05) is 13.2 Å². The van der Waals surface area contributed by atoms with E-state index in [1.54, 1.807) is 22.3 Å². The van der Waals surface area contributed by atoms with Crippen LogP contribution in [0.5, 0.6) is 0 Å². The van der Waals surface area contributed by atoms with Crippen molar-refractivity contribution in [3.05, 3.63) is 34.4 Å². The predicted octanol–water partition coefficient (Wildman–Crippen LogP) is 6.56. The zero-order chi connectivity index (χ0) is 20.5. The second kappa shape index (κ2) is 17.0. The van der Waals surface area contributed by atoms with Gasteiger partial charge in [0.05, 0.1) is 0 Å². The summed E-state index contributed by atoms with van der Waals surface area (Å²) in [7, 11) is 0. The summed E-state index contributed by atoms with van der Waals surface area (Å²) in [4.78, 5) is 0. The van der Waals surface area contributed by atoms with Crippen molar-refractivity contribution in [2.75, 3.05) is 13.2 Å². The Morgan fingerprint density at radius 2 is 0.786 bits per heavy atom. The fourth-order valence-corrected chi connectivity index (χ4v) is 4.06. The van der Waals surface area contributed by atoms with Gasteiger partial charge in [-0.3, -0.25) is 0 Å². The molecule has 0 fully saturated rings. The van der Waals surface area contributed by atoms with E-state index in [-0.39, 0.29) is 0 Å². The molecule has 2 N–H and O–H groups in total. The third-order valence-electron chi connectivity index (χ3n) is 5.83. The predicted molar refractivity (Wildman–Crippen MR) is 122 cm³/mol. The molecule has 0 aliphatic carbocycles. The van der Waals surface area contributed by atoms with Gasteiger partial charge in [0.2, 0.25) is 0 Å². The van der Waals surface area contributed by atoms with Crippen LogP contribution >= 0.6 is 0 Å². The molecule has 1 aromatic rings. The van der Waals surface area contributed by atoms with Crippen molar-refractivity contribution in [3.63, 3.8) is 0 Å². The molecule has 0 radical (unpaired) electrons. The van der Waals surface area contributed by atoms with Crippen LogP contribution in [0.3, 0.4) is 0 Å². The van der Waals surface area contributed by atoms with Crippen LogP contribution in [-0.2, 0) is 25.7 Å². The van der Waals surface area contributed by atoms with Crippen molar-refractivity contribution in [2.24, 2.45) is 0 Å². The molecule has 1 rings (SSSR count). The summed E-state index contributed by atoms with van der Waals surface area (Å²) in [6.07, 6.45) is 19.0. The molecule has 162 valence electrons. The summed E-state index contributed by atoms with van der Waals surface area (Å²) in [6, 6.07) is 5.08. The third-order valence-corrected chi connectivity index (χ3v) is 5.83. The lowest BCUT2D eigenvalue weighted by Gasteiger charge is -2.17. The number of hydrogen-bond donors (Lipinski definition) is 2. The van der Waals surface area contributed by atoms with Crippen molar-refractivity contribution in [2.45, 2.75) is 117 Å². The van der Waals surface area contributed by atoms with Gasteiger partial charge in [-0.25, -0.2) is 0 Å². The smallest absolute Gasteiger partial charge is 0.0431 e. The highest BCUT2D eigenvalue weighted by atomic mass is 16.3. The van der Waals surface area contributed by atoms with Crippen LogP contribution in [0.25, 0.3) is 0 Å². The Morgan fingerprint density at radius 1 is 0.464 bits per heavy atom. The normalized spacial score (nSPS) is 11.3. The first kappa shape index (κ1) is 25.2. The minimum Gasteiger partial charge on any atom is -0.396 e. The van der Waals surface area contributed by atoms with Crippen molar-refractivity contribution in [3.8, 4) is 0 Å². The Kier molecular flexibility index (Phi) is 15.3. The molecular weight excluding hydrogens is 344 g/mol. The third kappa shape index (κ3) is 10.6. The molecule has 0 bridgehead atoms. The van der Waals surface area contributed by atoms with E-state index in [0.29, 0.717) is 13.2 Å². The highest BCUT2D eigenvalue weighted by Gasteiger charge is 2.10. The van der Waals surface area contributed by atoms with Gasteiger partial charge in [0.15, 0.2) is 0 Å².